The van der Waals surface area contributed by atoms with Gasteiger partial charge in [0.25, 0.3) is 10.1 Å². The molecule has 4 atom stereocenters. The smallest absolute Gasteiger partial charge is 0.297 e. The molecule has 4 rings (SSSR count). The molecule has 0 N–H and O–H groups in total. The Kier molecular flexibility index (Phi) is 8.52. The van der Waals surface area contributed by atoms with E-state index in [1.54, 1.807) is 30.3 Å². The Morgan fingerprint density at radius 3 is 1.91 bits per heavy atom. The standard InChI is InChI=1S/C29H32O5S/c1-3-10-26-27(32-20-23-11-6-4-7-12-23)19-28(33-21-24-13-8-5-9-14-24)29(26)34-35(30,31)25-17-15-22(2)16-18-25/h3-9,11-18,26-29H,1,10,19-21H2,2H3. The van der Waals surface area contributed by atoms with Gasteiger partial charge in [-0.05, 0) is 36.6 Å². The predicted octanol–water partition coefficient (Wildman–Crippen LogP) is 5.84. The molecule has 4 unspecified atom stereocenters. The van der Waals surface area contributed by atoms with Crippen LogP contribution in [0.15, 0.2) is 102 Å². The van der Waals surface area contributed by atoms with Gasteiger partial charge in [-0.2, -0.15) is 8.42 Å². The van der Waals surface area contributed by atoms with Crippen molar-refractivity contribution in [2.45, 2.75) is 56.2 Å². The van der Waals surface area contributed by atoms with Gasteiger partial charge >= 0.3 is 0 Å². The van der Waals surface area contributed by atoms with Gasteiger partial charge in [0.1, 0.15) is 6.10 Å². The van der Waals surface area contributed by atoms with Gasteiger partial charge in [0.15, 0.2) is 0 Å². The maximum atomic E-state index is 13.2. The first-order valence-corrected chi connectivity index (χ1v) is 13.3. The van der Waals surface area contributed by atoms with Crippen molar-refractivity contribution in [2.24, 2.45) is 5.92 Å². The summed E-state index contributed by atoms with van der Waals surface area (Å²) in [7, 11) is -3.99. The summed E-state index contributed by atoms with van der Waals surface area (Å²) in [6, 6.07) is 26.4. The van der Waals surface area contributed by atoms with Crippen molar-refractivity contribution in [2.75, 3.05) is 0 Å². The van der Waals surface area contributed by atoms with E-state index >= 15 is 0 Å². The maximum absolute atomic E-state index is 13.2. The molecule has 0 saturated heterocycles. The Morgan fingerprint density at radius 1 is 0.829 bits per heavy atom. The zero-order chi connectivity index (χ0) is 24.7. The number of hydrogen-bond acceptors (Lipinski definition) is 5. The van der Waals surface area contributed by atoms with Crippen LogP contribution in [-0.4, -0.2) is 26.7 Å². The van der Waals surface area contributed by atoms with Crippen LogP contribution in [0.3, 0.4) is 0 Å². The molecule has 5 nitrogen and oxygen atoms in total. The van der Waals surface area contributed by atoms with Crippen LogP contribution in [0.4, 0.5) is 0 Å². The van der Waals surface area contributed by atoms with Crippen molar-refractivity contribution in [3.63, 3.8) is 0 Å². The number of allylic oxidation sites excluding steroid dienone is 1. The summed E-state index contributed by atoms with van der Waals surface area (Å²) in [5, 5.41) is 0. The van der Waals surface area contributed by atoms with E-state index in [2.05, 4.69) is 6.58 Å². The van der Waals surface area contributed by atoms with Crippen LogP contribution in [-0.2, 0) is 37.0 Å². The van der Waals surface area contributed by atoms with Gasteiger partial charge in [-0.15, -0.1) is 6.58 Å². The minimum atomic E-state index is -3.99. The molecule has 35 heavy (non-hydrogen) atoms. The van der Waals surface area contributed by atoms with Gasteiger partial charge in [-0.25, -0.2) is 0 Å². The van der Waals surface area contributed by atoms with Gasteiger partial charge in [0, 0.05) is 12.3 Å². The predicted molar refractivity (Wildman–Crippen MR) is 136 cm³/mol. The Bertz CT molecular complexity index is 1180. The van der Waals surface area contributed by atoms with Crippen molar-refractivity contribution < 1.29 is 22.1 Å². The van der Waals surface area contributed by atoms with E-state index in [-0.39, 0.29) is 16.9 Å². The zero-order valence-corrected chi connectivity index (χ0v) is 20.8. The Morgan fingerprint density at radius 2 is 1.37 bits per heavy atom. The summed E-state index contributed by atoms with van der Waals surface area (Å²) < 4.78 is 44.9. The van der Waals surface area contributed by atoms with E-state index in [0.29, 0.717) is 26.1 Å². The van der Waals surface area contributed by atoms with Gasteiger partial charge in [0.2, 0.25) is 0 Å². The number of rotatable bonds is 11. The van der Waals surface area contributed by atoms with Crippen molar-refractivity contribution in [3.8, 4) is 0 Å². The van der Waals surface area contributed by atoms with Crippen LogP contribution < -0.4 is 0 Å². The second-order valence-electron chi connectivity index (χ2n) is 8.92. The number of hydrogen-bond donors (Lipinski definition) is 0. The summed E-state index contributed by atoms with van der Waals surface area (Å²) in [6.07, 6.45) is 1.51. The van der Waals surface area contributed by atoms with Crippen LogP contribution in [0.5, 0.6) is 0 Å². The van der Waals surface area contributed by atoms with Crippen LogP contribution in [0.1, 0.15) is 29.5 Å². The molecule has 0 spiro atoms. The first-order chi connectivity index (χ1) is 17.0. The number of aryl methyl sites for hydroxylation is 1. The summed E-state index contributed by atoms with van der Waals surface area (Å²) >= 11 is 0. The average molecular weight is 493 g/mol. The third-order valence-electron chi connectivity index (χ3n) is 6.33. The van der Waals surface area contributed by atoms with E-state index in [1.807, 2.05) is 67.6 Å². The molecule has 3 aromatic carbocycles. The van der Waals surface area contributed by atoms with Crippen molar-refractivity contribution in [1.82, 2.24) is 0 Å². The monoisotopic (exact) mass is 492 g/mol. The molecule has 1 aliphatic carbocycles. The zero-order valence-electron chi connectivity index (χ0n) is 20.0. The van der Waals surface area contributed by atoms with Crippen molar-refractivity contribution in [3.05, 3.63) is 114 Å². The topological polar surface area (TPSA) is 61.8 Å². The first-order valence-electron chi connectivity index (χ1n) is 11.9. The van der Waals surface area contributed by atoms with Gasteiger partial charge < -0.3 is 9.47 Å². The second kappa shape index (κ2) is 11.8. The molecule has 0 amide bonds. The average Bonchev–Trinajstić information content (AvgIpc) is 3.18. The molecule has 0 aromatic heterocycles. The van der Waals surface area contributed by atoms with Gasteiger partial charge in [0.05, 0.1) is 30.3 Å². The van der Waals surface area contributed by atoms with E-state index in [4.69, 9.17) is 13.7 Å². The highest BCUT2D eigenvalue weighted by molar-refractivity contribution is 7.86. The number of benzene rings is 3. The maximum Gasteiger partial charge on any atom is 0.297 e. The second-order valence-corrected chi connectivity index (χ2v) is 10.5. The highest BCUT2D eigenvalue weighted by atomic mass is 32.2. The molecule has 0 radical (unpaired) electrons. The summed E-state index contributed by atoms with van der Waals surface area (Å²) in [4.78, 5) is 0.135. The molecular formula is C29H32O5S. The molecule has 6 heteroatoms. The Labute approximate surface area is 208 Å². The third-order valence-corrected chi connectivity index (χ3v) is 7.66. The molecule has 1 aliphatic rings. The van der Waals surface area contributed by atoms with Crippen LogP contribution in [0.25, 0.3) is 0 Å². The fraction of sp³-hybridized carbons (Fsp3) is 0.310. The first kappa shape index (κ1) is 25.3. The molecule has 1 fully saturated rings. The summed E-state index contributed by atoms with van der Waals surface area (Å²) in [5.41, 5.74) is 3.05. The lowest BCUT2D eigenvalue weighted by Crippen LogP contribution is -2.34. The lowest BCUT2D eigenvalue weighted by atomic mass is 9.99. The quantitative estimate of drug-likeness (QED) is 0.249. The van der Waals surface area contributed by atoms with Crippen LogP contribution >= 0.6 is 0 Å². The van der Waals surface area contributed by atoms with Crippen molar-refractivity contribution in [1.29, 1.82) is 0 Å². The van der Waals surface area contributed by atoms with Gasteiger partial charge in [-0.1, -0.05) is 84.4 Å². The molecule has 3 aromatic rings. The summed E-state index contributed by atoms with van der Waals surface area (Å²) in [5.74, 6) is -0.211. The SMILES string of the molecule is C=CCC1C(OCc2ccccc2)CC(OCc2ccccc2)C1OS(=O)(=O)c1ccc(C)cc1. The Hall–Kier alpha value is -2.77. The minimum Gasteiger partial charge on any atom is -0.373 e. The molecular weight excluding hydrogens is 460 g/mol. The molecule has 184 valence electrons. The molecule has 0 heterocycles. The Balaban J connectivity index is 1.56. The van der Waals surface area contributed by atoms with Crippen molar-refractivity contribution >= 4 is 10.1 Å². The third kappa shape index (κ3) is 6.67. The lowest BCUT2D eigenvalue weighted by Gasteiger charge is -2.26. The normalized spacial score (nSPS) is 22.2. The lowest BCUT2D eigenvalue weighted by molar-refractivity contribution is -0.0265. The van der Waals surface area contributed by atoms with E-state index in [9.17, 15) is 8.42 Å². The van der Waals surface area contributed by atoms with Gasteiger partial charge in [-0.3, -0.25) is 4.18 Å². The van der Waals surface area contributed by atoms with Crippen LogP contribution in [0.2, 0.25) is 0 Å². The fourth-order valence-corrected chi connectivity index (χ4v) is 5.59. The minimum absolute atomic E-state index is 0.135. The summed E-state index contributed by atoms with van der Waals surface area (Å²) in [6.45, 7) is 6.60. The van der Waals surface area contributed by atoms with E-state index in [0.717, 1.165) is 16.7 Å². The molecule has 1 saturated carbocycles. The highest BCUT2D eigenvalue weighted by Gasteiger charge is 2.47. The largest absolute Gasteiger partial charge is 0.373 e. The number of ether oxygens (including phenoxy) is 2. The van der Waals surface area contributed by atoms with E-state index < -0.39 is 22.3 Å². The highest BCUT2D eigenvalue weighted by Crippen LogP contribution is 2.38. The fourth-order valence-electron chi connectivity index (χ4n) is 4.45. The van der Waals surface area contributed by atoms with Crippen LogP contribution in [0, 0.1) is 12.8 Å². The molecule has 0 aliphatic heterocycles. The molecule has 0 bridgehead atoms. The van der Waals surface area contributed by atoms with E-state index in [1.165, 1.54) is 0 Å².